The van der Waals surface area contributed by atoms with Crippen molar-refractivity contribution < 1.29 is 19.1 Å². The average Bonchev–Trinajstić information content (AvgIpc) is 3.05. The first kappa shape index (κ1) is 15.5. The van der Waals surface area contributed by atoms with Crippen LogP contribution < -0.4 is 0 Å². The van der Waals surface area contributed by atoms with Crippen molar-refractivity contribution in [2.75, 3.05) is 6.61 Å². The highest BCUT2D eigenvalue weighted by molar-refractivity contribution is 5.81. The molecule has 1 aromatic carbocycles. The predicted molar refractivity (Wildman–Crippen MR) is 78.5 cm³/mol. The van der Waals surface area contributed by atoms with Gasteiger partial charge >= 0.3 is 11.9 Å². The highest BCUT2D eigenvalue weighted by Gasteiger charge is 2.31. The van der Waals surface area contributed by atoms with Crippen LogP contribution in [0.5, 0.6) is 0 Å². The van der Waals surface area contributed by atoms with Gasteiger partial charge < -0.3 is 9.47 Å². The highest BCUT2D eigenvalue weighted by atomic mass is 16.6. The molecule has 0 aliphatic heterocycles. The summed E-state index contributed by atoms with van der Waals surface area (Å²) in [5.74, 6) is -0.848. The Hall–Kier alpha value is -1.84. The summed E-state index contributed by atoms with van der Waals surface area (Å²) in [5, 5.41) is 0. The molecule has 1 fully saturated rings. The van der Waals surface area contributed by atoms with Crippen LogP contribution in [0, 0.1) is 5.92 Å². The second-order valence-electron chi connectivity index (χ2n) is 5.38. The Labute approximate surface area is 125 Å². The number of ether oxygens (including phenoxy) is 2. The van der Waals surface area contributed by atoms with Crippen LogP contribution in [0.25, 0.3) is 0 Å². The first-order valence-corrected chi connectivity index (χ1v) is 7.64. The van der Waals surface area contributed by atoms with Crippen LogP contribution in [-0.4, -0.2) is 18.5 Å². The molecule has 0 radical (unpaired) electrons. The number of hydrogen-bond acceptors (Lipinski definition) is 4. The zero-order chi connectivity index (χ0) is 15.1. The minimum atomic E-state index is -0.953. The SMILES string of the molecule is CCCOC(=O)C(OC(=O)C1CCCC1)c1ccccc1. The third-order valence-electron chi connectivity index (χ3n) is 3.69. The van der Waals surface area contributed by atoms with Crippen molar-refractivity contribution in [2.45, 2.75) is 45.1 Å². The van der Waals surface area contributed by atoms with Crippen LogP contribution in [0.15, 0.2) is 30.3 Å². The van der Waals surface area contributed by atoms with Gasteiger partial charge in [-0.3, -0.25) is 4.79 Å². The van der Waals surface area contributed by atoms with Crippen LogP contribution in [-0.2, 0) is 19.1 Å². The van der Waals surface area contributed by atoms with Gasteiger partial charge in [-0.05, 0) is 19.3 Å². The number of carbonyl (C=O) groups excluding carboxylic acids is 2. The predicted octanol–water partition coefficient (Wildman–Crippen LogP) is 3.41. The van der Waals surface area contributed by atoms with Gasteiger partial charge in [0.1, 0.15) is 0 Å². The van der Waals surface area contributed by atoms with E-state index in [1.54, 1.807) is 12.1 Å². The Bertz CT molecular complexity index is 463. The van der Waals surface area contributed by atoms with Crippen LogP contribution in [0.2, 0.25) is 0 Å². The maximum atomic E-state index is 12.2. The minimum absolute atomic E-state index is 0.0739. The van der Waals surface area contributed by atoms with Crippen molar-refractivity contribution >= 4 is 11.9 Å². The first-order valence-electron chi connectivity index (χ1n) is 7.64. The van der Waals surface area contributed by atoms with E-state index in [4.69, 9.17) is 9.47 Å². The van der Waals surface area contributed by atoms with E-state index in [2.05, 4.69) is 0 Å². The molecule has 1 unspecified atom stereocenters. The maximum absolute atomic E-state index is 12.2. The molecule has 0 aromatic heterocycles. The lowest BCUT2D eigenvalue weighted by Gasteiger charge is -2.19. The van der Waals surface area contributed by atoms with E-state index in [-0.39, 0.29) is 11.9 Å². The molecule has 114 valence electrons. The van der Waals surface area contributed by atoms with E-state index in [0.717, 1.165) is 32.1 Å². The molecule has 1 aliphatic carbocycles. The number of hydrogen-bond donors (Lipinski definition) is 0. The molecule has 0 amide bonds. The second-order valence-corrected chi connectivity index (χ2v) is 5.38. The lowest BCUT2D eigenvalue weighted by molar-refractivity contribution is -0.171. The van der Waals surface area contributed by atoms with E-state index in [9.17, 15) is 9.59 Å². The fraction of sp³-hybridized carbons (Fsp3) is 0.529. The summed E-state index contributed by atoms with van der Waals surface area (Å²) in [7, 11) is 0. The topological polar surface area (TPSA) is 52.6 Å². The monoisotopic (exact) mass is 290 g/mol. The summed E-state index contributed by atoms with van der Waals surface area (Å²) in [6, 6.07) is 9.05. The number of rotatable bonds is 6. The summed E-state index contributed by atoms with van der Waals surface area (Å²) in [4.78, 5) is 24.3. The van der Waals surface area contributed by atoms with Gasteiger partial charge in [0.05, 0.1) is 12.5 Å². The van der Waals surface area contributed by atoms with Gasteiger partial charge in [-0.25, -0.2) is 4.79 Å². The quantitative estimate of drug-likeness (QED) is 0.753. The Morgan fingerprint density at radius 3 is 2.48 bits per heavy atom. The highest BCUT2D eigenvalue weighted by Crippen LogP contribution is 2.29. The van der Waals surface area contributed by atoms with E-state index in [1.165, 1.54) is 0 Å². The number of esters is 2. The molecule has 4 heteroatoms. The summed E-state index contributed by atoms with van der Waals surface area (Å²) >= 11 is 0. The Morgan fingerprint density at radius 1 is 1.19 bits per heavy atom. The van der Waals surface area contributed by atoms with E-state index < -0.39 is 12.1 Å². The molecule has 1 aromatic rings. The molecule has 2 rings (SSSR count). The van der Waals surface area contributed by atoms with Crippen LogP contribution >= 0.6 is 0 Å². The average molecular weight is 290 g/mol. The Kier molecular flexibility index (Phi) is 5.78. The van der Waals surface area contributed by atoms with Crippen molar-refractivity contribution in [3.63, 3.8) is 0 Å². The molecule has 21 heavy (non-hydrogen) atoms. The second kappa shape index (κ2) is 7.81. The largest absolute Gasteiger partial charge is 0.463 e. The summed E-state index contributed by atoms with van der Waals surface area (Å²) in [5.41, 5.74) is 0.657. The summed E-state index contributed by atoms with van der Waals surface area (Å²) in [6.45, 7) is 2.26. The van der Waals surface area contributed by atoms with Gasteiger partial charge in [-0.1, -0.05) is 50.1 Å². The molecule has 1 saturated carbocycles. The van der Waals surface area contributed by atoms with Crippen LogP contribution in [0.3, 0.4) is 0 Å². The molecule has 4 nitrogen and oxygen atoms in total. The molecular formula is C17H22O4. The van der Waals surface area contributed by atoms with Crippen molar-refractivity contribution in [1.29, 1.82) is 0 Å². The van der Waals surface area contributed by atoms with Crippen molar-refractivity contribution in [1.82, 2.24) is 0 Å². The summed E-state index contributed by atoms with van der Waals surface area (Å²) < 4.78 is 10.6. The fourth-order valence-corrected chi connectivity index (χ4v) is 2.53. The van der Waals surface area contributed by atoms with Gasteiger partial charge in [0, 0.05) is 5.56 Å². The minimum Gasteiger partial charge on any atom is -0.463 e. The molecule has 0 spiro atoms. The van der Waals surface area contributed by atoms with Gasteiger partial charge in [-0.15, -0.1) is 0 Å². The van der Waals surface area contributed by atoms with E-state index in [1.807, 2.05) is 25.1 Å². The van der Waals surface area contributed by atoms with Gasteiger partial charge in [0.2, 0.25) is 6.10 Å². The van der Waals surface area contributed by atoms with Crippen molar-refractivity contribution in [3.05, 3.63) is 35.9 Å². The van der Waals surface area contributed by atoms with Crippen molar-refractivity contribution in [2.24, 2.45) is 5.92 Å². The Balaban J connectivity index is 2.07. The van der Waals surface area contributed by atoms with E-state index in [0.29, 0.717) is 12.2 Å². The number of carbonyl (C=O) groups is 2. The van der Waals surface area contributed by atoms with Gasteiger partial charge in [0.15, 0.2) is 0 Å². The van der Waals surface area contributed by atoms with E-state index >= 15 is 0 Å². The zero-order valence-corrected chi connectivity index (χ0v) is 12.4. The van der Waals surface area contributed by atoms with Gasteiger partial charge in [-0.2, -0.15) is 0 Å². The zero-order valence-electron chi connectivity index (χ0n) is 12.4. The molecule has 0 heterocycles. The number of benzene rings is 1. The van der Waals surface area contributed by atoms with Crippen LogP contribution in [0.1, 0.15) is 50.7 Å². The third-order valence-corrected chi connectivity index (χ3v) is 3.69. The maximum Gasteiger partial charge on any atom is 0.352 e. The first-order chi connectivity index (χ1) is 10.2. The molecule has 0 bridgehead atoms. The smallest absolute Gasteiger partial charge is 0.352 e. The molecule has 0 saturated heterocycles. The summed E-state index contributed by atoms with van der Waals surface area (Å²) in [6.07, 6.45) is 3.59. The molecule has 1 atom stereocenters. The third kappa shape index (κ3) is 4.31. The lowest BCUT2D eigenvalue weighted by atomic mass is 10.1. The molecule has 0 N–H and O–H groups in total. The normalized spacial score (nSPS) is 16.4. The fourth-order valence-electron chi connectivity index (χ4n) is 2.53. The molecule has 1 aliphatic rings. The lowest BCUT2D eigenvalue weighted by Crippen LogP contribution is -2.25. The Morgan fingerprint density at radius 2 is 1.86 bits per heavy atom. The van der Waals surface area contributed by atoms with Crippen LogP contribution in [0.4, 0.5) is 0 Å². The van der Waals surface area contributed by atoms with Crippen molar-refractivity contribution in [3.8, 4) is 0 Å². The molecular weight excluding hydrogens is 268 g/mol. The van der Waals surface area contributed by atoms with Gasteiger partial charge in [0.25, 0.3) is 0 Å². The standard InChI is InChI=1S/C17H22O4/c1-2-12-20-17(19)15(13-8-4-3-5-9-13)21-16(18)14-10-6-7-11-14/h3-5,8-9,14-15H,2,6-7,10-12H2,1H3.